The summed E-state index contributed by atoms with van der Waals surface area (Å²) in [7, 11) is 2.89. The van der Waals surface area contributed by atoms with Crippen LogP contribution in [0.15, 0.2) is 0 Å². The molecule has 1 unspecified atom stereocenters. The van der Waals surface area contributed by atoms with Gasteiger partial charge in [0.2, 0.25) is 0 Å². The topological polar surface area (TPSA) is 58.6 Å². The van der Waals surface area contributed by atoms with Gasteiger partial charge in [-0.3, -0.25) is 0 Å². The molecule has 0 bridgehead atoms. The van der Waals surface area contributed by atoms with Gasteiger partial charge < -0.3 is 19.4 Å². The van der Waals surface area contributed by atoms with Gasteiger partial charge in [-0.2, -0.15) is 0 Å². The Morgan fingerprint density at radius 3 is 2.07 bits per heavy atom. The molecule has 0 aromatic rings. The SMILES string of the molecule is COC(OC)C(CC(=O)[O-])C(C)(C)Cl. The molecular formula is C9H16ClO4-. The molecule has 1 atom stereocenters. The molecule has 0 radical (unpaired) electrons. The monoisotopic (exact) mass is 223 g/mol. The van der Waals surface area contributed by atoms with Gasteiger partial charge in [0, 0.05) is 31.0 Å². The zero-order chi connectivity index (χ0) is 11.4. The van der Waals surface area contributed by atoms with Crippen LogP contribution in [0.5, 0.6) is 0 Å². The number of hydrogen-bond donors (Lipinski definition) is 0. The zero-order valence-corrected chi connectivity index (χ0v) is 9.63. The molecule has 0 N–H and O–H groups in total. The summed E-state index contributed by atoms with van der Waals surface area (Å²) in [4.78, 5) is 9.79. The predicted molar refractivity (Wildman–Crippen MR) is 50.9 cm³/mol. The van der Waals surface area contributed by atoms with Crippen molar-refractivity contribution in [3.63, 3.8) is 0 Å². The molecule has 0 aliphatic carbocycles. The maximum Gasteiger partial charge on any atom is 0.161 e. The summed E-state index contributed by atoms with van der Waals surface area (Å²) in [5, 5.41) is 10.5. The van der Waals surface area contributed by atoms with Crippen LogP contribution in [0.25, 0.3) is 0 Å². The van der Waals surface area contributed by atoms with Crippen LogP contribution in [-0.2, 0) is 14.3 Å². The summed E-state index contributed by atoms with van der Waals surface area (Å²) in [6.45, 7) is 3.43. The lowest BCUT2D eigenvalue weighted by Gasteiger charge is -2.33. The van der Waals surface area contributed by atoms with Gasteiger partial charge in [-0.1, -0.05) is 0 Å². The van der Waals surface area contributed by atoms with Crippen LogP contribution in [0.4, 0.5) is 0 Å². The molecule has 0 rings (SSSR count). The fourth-order valence-electron chi connectivity index (χ4n) is 1.27. The molecule has 0 aliphatic rings. The second-order valence-electron chi connectivity index (χ2n) is 3.59. The van der Waals surface area contributed by atoms with Crippen LogP contribution in [0.3, 0.4) is 0 Å². The van der Waals surface area contributed by atoms with Crippen molar-refractivity contribution in [2.75, 3.05) is 14.2 Å². The minimum atomic E-state index is -1.16. The minimum Gasteiger partial charge on any atom is -0.550 e. The summed E-state index contributed by atoms with van der Waals surface area (Å²) in [5.41, 5.74) is 0. The Balaban J connectivity index is 4.61. The van der Waals surface area contributed by atoms with E-state index in [-0.39, 0.29) is 6.42 Å². The molecule has 5 heteroatoms. The predicted octanol–water partition coefficient (Wildman–Crippen LogP) is 0.379. The van der Waals surface area contributed by atoms with E-state index in [1.54, 1.807) is 13.8 Å². The Hall–Kier alpha value is -0.320. The number of carbonyl (C=O) groups is 1. The van der Waals surface area contributed by atoms with Crippen LogP contribution in [0, 0.1) is 5.92 Å². The number of carboxylic acids is 1. The minimum absolute atomic E-state index is 0.192. The molecule has 0 fully saturated rings. The van der Waals surface area contributed by atoms with Gasteiger partial charge in [-0.05, 0) is 20.3 Å². The third-order valence-corrected chi connectivity index (χ3v) is 2.34. The Bertz CT molecular complexity index is 184. The molecule has 0 aromatic carbocycles. The van der Waals surface area contributed by atoms with E-state index in [2.05, 4.69) is 0 Å². The molecule has 4 nitrogen and oxygen atoms in total. The van der Waals surface area contributed by atoms with Gasteiger partial charge in [0.05, 0.1) is 0 Å². The van der Waals surface area contributed by atoms with Crippen LogP contribution < -0.4 is 5.11 Å². The zero-order valence-electron chi connectivity index (χ0n) is 8.87. The average Bonchev–Trinajstić information content (AvgIpc) is 2.02. The standard InChI is InChI=1S/C9H17ClO4/c1-9(2,10)6(5-7(11)12)8(13-3)14-4/h6,8H,5H2,1-4H3,(H,11,12)/p-1. The normalized spacial score (nSPS) is 14.4. The number of carbonyl (C=O) groups excluding carboxylic acids is 1. The van der Waals surface area contributed by atoms with E-state index in [9.17, 15) is 9.90 Å². The summed E-state index contributed by atoms with van der Waals surface area (Å²) < 4.78 is 9.98. The van der Waals surface area contributed by atoms with Crippen molar-refractivity contribution in [1.29, 1.82) is 0 Å². The summed E-state index contributed by atoms with van der Waals surface area (Å²) >= 11 is 6.04. The molecule has 14 heavy (non-hydrogen) atoms. The van der Waals surface area contributed by atoms with Crippen molar-refractivity contribution in [2.24, 2.45) is 5.92 Å². The highest BCUT2D eigenvalue weighted by Gasteiger charge is 2.34. The molecule has 0 aromatic heterocycles. The lowest BCUT2D eigenvalue weighted by atomic mass is 9.91. The van der Waals surface area contributed by atoms with E-state index in [1.807, 2.05) is 0 Å². The van der Waals surface area contributed by atoms with E-state index in [0.717, 1.165) is 0 Å². The third kappa shape index (κ3) is 4.26. The molecule has 0 saturated heterocycles. The lowest BCUT2D eigenvalue weighted by Crippen LogP contribution is -2.41. The number of ether oxygens (including phenoxy) is 2. The van der Waals surface area contributed by atoms with Crippen molar-refractivity contribution in [1.82, 2.24) is 0 Å². The number of carboxylic acid groups (broad SMARTS) is 1. The first-order valence-corrected chi connectivity index (χ1v) is 4.65. The molecule has 0 heterocycles. The van der Waals surface area contributed by atoms with Crippen molar-refractivity contribution in [3.05, 3.63) is 0 Å². The number of hydrogen-bond acceptors (Lipinski definition) is 4. The smallest absolute Gasteiger partial charge is 0.161 e. The first kappa shape index (κ1) is 13.7. The van der Waals surface area contributed by atoms with E-state index in [0.29, 0.717) is 0 Å². The maximum atomic E-state index is 10.5. The van der Waals surface area contributed by atoms with Crippen molar-refractivity contribution < 1.29 is 19.4 Å². The van der Waals surface area contributed by atoms with E-state index in [4.69, 9.17) is 21.1 Å². The fraction of sp³-hybridized carbons (Fsp3) is 0.889. The summed E-state index contributed by atoms with van der Waals surface area (Å²) in [5.74, 6) is -1.62. The Kier molecular flexibility index (Phi) is 5.41. The van der Waals surface area contributed by atoms with Crippen LogP contribution in [-0.4, -0.2) is 31.4 Å². The molecule has 0 spiro atoms. The molecule has 0 aliphatic heterocycles. The van der Waals surface area contributed by atoms with Gasteiger partial charge >= 0.3 is 0 Å². The van der Waals surface area contributed by atoms with E-state index >= 15 is 0 Å². The molecule has 0 amide bonds. The largest absolute Gasteiger partial charge is 0.550 e. The van der Waals surface area contributed by atoms with E-state index < -0.39 is 23.1 Å². The highest BCUT2D eigenvalue weighted by atomic mass is 35.5. The molecular weight excluding hydrogens is 208 g/mol. The quantitative estimate of drug-likeness (QED) is 0.483. The number of methoxy groups -OCH3 is 2. The highest BCUT2D eigenvalue weighted by molar-refractivity contribution is 6.23. The number of alkyl halides is 1. The Labute approximate surface area is 89.1 Å². The Morgan fingerprint density at radius 1 is 1.43 bits per heavy atom. The van der Waals surface area contributed by atoms with Crippen LogP contribution in [0.1, 0.15) is 20.3 Å². The molecule has 84 valence electrons. The van der Waals surface area contributed by atoms with Crippen molar-refractivity contribution >= 4 is 17.6 Å². The van der Waals surface area contributed by atoms with Gasteiger partial charge in [-0.25, -0.2) is 0 Å². The van der Waals surface area contributed by atoms with Gasteiger partial charge in [-0.15, -0.1) is 11.6 Å². The number of rotatable bonds is 6. The van der Waals surface area contributed by atoms with Gasteiger partial charge in [0.15, 0.2) is 6.29 Å². The van der Waals surface area contributed by atoms with Gasteiger partial charge in [0.25, 0.3) is 0 Å². The maximum absolute atomic E-state index is 10.5. The Morgan fingerprint density at radius 2 is 1.86 bits per heavy atom. The second-order valence-corrected chi connectivity index (χ2v) is 4.56. The molecule has 0 saturated carbocycles. The van der Waals surface area contributed by atoms with Crippen molar-refractivity contribution in [3.8, 4) is 0 Å². The third-order valence-electron chi connectivity index (χ3n) is 2.06. The first-order valence-electron chi connectivity index (χ1n) is 4.27. The van der Waals surface area contributed by atoms with E-state index in [1.165, 1.54) is 14.2 Å². The number of aliphatic carboxylic acids is 1. The summed E-state index contributed by atoms with van der Waals surface area (Å²) in [6.07, 6.45) is -0.830. The fourth-order valence-corrected chi connectivity index (χ4v) is 1.45. The van der Waals surface area contributed by atoms with Crippen LogP contribution in [0.2, 0.25) is 0 Å². The van der Waals surface area contributed by atoms with Crippen LogP contribution >= 0.6 is 11.6 Å². The number of halogens is 1. The highest BCUT2D eigenvalue weighted by Crippen LogP contribution is 2.31. The lowest BCUT2D eigenvalue weighted by molar-refractivity contribution is -0.309. The van der Waals surface area contributed by atoms with Gasteiger partial charge in [0.1, 0.15) is 0 Å². The second kappa shape index (κ2) is 5.53. The van der Waals surface area contributed by atoms with Crippen molar-refractivity contribution in [2.45, 2.75) is 31.4 Å². The average molecular weight is 224 g/mol. The summed E-state index contributed by atoms with van der Waals surface area (Å²) in [6, 6.07) is 0. The first-order chi connectivity index (χ1) is 6.32.